The fourth-order valence-electron chi connectivity index (χ4n) is 2.02. The van der Waals surface area contributed by atoms with E-state index in [2.05, 4.69) is 16.4 Å². The molecule has 2 rings (SSSR count). The lowest BCUT2D eigenvalue weighted by molar-refractivity contribution is 0.416. The highest BCUT2D eigenvalue weighted by Gasteiger charge is 2.10. The molecule has 102 valence electrons. The van der Waals surface area contributed by atoms with Gasteiger partial charge in [-0.2, -0.15) is 5.26 Å². The molecule has 0 saturated heterocycles. The molecule has 0 radical (unpaired) electrons. The topological polar surface area (TPSA) is 57.9 Å². The maximum Gasteiger partial charge on any atom is 0.144 e. The van der Waals surface area contributed by atoms with E-state index in [-0.39, 0.29) is 0 Å². The molecular weight excluding hydrogens is 250 g/mol. The molecule has 1 aromatic heterocycles. The van der Waals surface area contributed by atoms with Crippen molar-refractivity contribution in [3.05, 3.63) is 41.5 Å². The molecule has 0 bridgehead atoms. The Hall–Kier alpha value is -2.54. The lowest BCUT2D eigenvalue weighted by Gasteiger charge is -2.11. The number of pyridine rings is 1. The average Bonchev–Trinajstić information content (AvgIpc) is 2.47. The minimum atomic E-state index is 0.544. The predicted molar refractivity (Wildman–Crippen MR) is 79.8 cm³/mol. The normalized spacial score (nSPS) is 9.90. The third-order valence-electron chi connectivity index (χ3n) is 2.99. The van der Waals surface area contributed by atoms with Crippen LogP contribution in [0.4, 0.5) is 5.82 Å². The van der Waals surface area contributed by atoms with Gasteiger partial charge < -0.3 is 10.1 Å². The van der Waals surface area contributed by atoms with E-state index in [9.17, 15) is 0 Å². The summed E-state index contributed by atoms with van der Waals surface area (Å²) < 4.78 is 5.39. The zero-order valence-corrected chi connectivity index (χ0v) is 11.9. The maximum atomic E-state index is 9.10. The molecule has 1 N–H and O–H groups in total. The van der Waals surface area contributed by atoms with Gasteiger partial charge in [0.25, 0.3) is 0 Å². The van der Waals surface area contributed by atoms with Crippen LogP contribution in [0.3, 0.4) is 0 Å². The molecule has 4 heteroatoms. The van der Waals surface area contributed by atoms with Gasteiger partial charge in [-0.05, 0) is 38.1 Å². The van der Waals surface area contributed by atoms with Crippen LogP contribution in [0.25, 0.3) is 11.3 Å². The van der Waals surface area contributed by atoms with Crippen molar-refractivity contribution in [2.75, 3.05) is 19.0 Å². The lowest BCUT2D eigenvalue weighted by atomic mass is 10.1. The van der Waals surface area contributed by atoms with E-state index < -0.39 is 0 Å². The molecule has 1 heterocycles. The van der Waals surface area contributed by atoms with Crippen molar-refractivity contribution in [3.8, 4) is 23.1 Å². The number of rotatable bonds is 4. The summed E-state index contributed by atoms with van der Waals surface area (Å²) in [4.78, 5) is 4.54. The summed E-state index contributed by atoms with van der Waals surface area (Å²) in [5, 5.41) is 12.2. The predicted octanol–water partition coefficient (Wildman–Crippen LogP) is 3.37. The number of hydrogen-bond acceptors (Lipinski definition) is 4. The number of nitrogens with one attached hydrogen (secondary N) is 1. The highest BCUT2D eigenvalue weighted by atomic mass is 16.5. The van der Waals surface area contributed by atoms with Gasteiger partial charge in [-0.25, -0.2) is 4.98 Å². The van der Waals surface area contributed by atoms with Crippen molar-refractivity contribution in [2.24, 2.45) is 0 Å². The highest BCUT2D eigenvalue weighted by Crippen LogP contribution is 2.30. The molecule has 0 aliphatic rings. The van der Waals surface area contributed by atoms with E-state index in [1.807, 2.05) is 38.1 Å². The number of aryl methyl sites for hydroxylation is 1. The lowest BCUT2D eigenvalue weighted by Crippen LogP contribution is -2.03. The number of benzene rings is 1. The Morgan fingerprint density at radius 3 is 2.75 bits per heavy atom. The van der Waals surface area contributed by atoms with Crippen LogP contribution in [0.5, 0.6) is 5.75 Å². The Morgan fingerprint density at radius 2 is 2.10 bits per heavy atom. The second-order valence-electron chi connectivity index (χ2n) is 4.44. The second-order valence-corrected chi connectivity index (χ2v) is 4.44. The molecule has 0 atom stereocenters. The van der Waals surface area contributed by atoms with Gasteiger partial charge in [0.2, 0.25) is 0 Å². The molecule has 2 aromatic rings. The molecule has 0 spiro atoms. The second kappa shape index (κ2) is 6.07. The van der Waals surface area contributed by atoms with Crippen molar-refractivity contribution in [1.82, 2.24) is 4.98 Å². The third kappa shape index (κ3) is 2.72. The Labute approximate surface area is 119 Å². The number of nitrogens with zero attached hydrogens (tertiary/aromatic N) is 2. The summed E-state index contributed by atoms with van der Waals surface area (Å²) in [6, 6.07) is 11.7. The van der Waals surface area contributed by atoms with E-state index >= 15 is 0 Å². The van der Waals surface area contributed by atoms with E-state index in [0.717, 1.165) is 29.1 Å². The van der Waals surface area contributed by atoms with Gasteiger partial charge in [-0.3, -0.25) is 0 Å². The van der Waals surface area contributed by atoms with Crippen molar-refractivity contribution < 1.29 is 4.74 Å². The number of anilines is 1. The first-order valence-corrected chi connectivity index (χ1v) is 6.49. The monoisotopic (exact) mass is 267 g/mol. The fourth-order valence-corrected chi connectivity index (χ4v) is 2.02. The molecule has 0 aliphatic carbocycles. The molecule has 0 aliphatic heterocycles. The minimum Gasteiger partial charge on any atom is -0.496 e. The van der Waals surface area contributed by atoms with Crippen molar-refractivity contribution in [1.29, 1.82) is 5.26 Å². The highest BCUT2D eigenvalue weighted by molar-refractivity contribution is 5.71. The first kappa shape index (κ1) is 13.9. The number of hydrogen-bond donors (Lipinski definition) is 1. The summed E-state index contributed by atoms with van der Waals surface area (Å²) in [6.45, 7) is 4.72. The SMILES string of the molecule is CCNc1nc(-c2cc(C)ccc2OC)ccc1C#N. The average molecular weight is 267 g/mol. The van der Waals surface area contributed by atoms with Gasteiger partial charge in [0.1, 0.15) is 17.6 Å². The summed E-state index contributed by atoms with van der Waals surface area (Å²) in [7, 11) is 1.64. The summed E-state index contributed by atoms with van der Waals surface area (Å²) >= 11 is 0. The van der Waals surface area contributed by atoms with Crippen LogP contribution in [0.15, 0.2) is 30.3 Å². The number of methoxy groups -OCH3 is 1. The quantitative estimate of drug-likeness (QED) is 0.922. The first-order valence-electron chi connectivity index (χ1n) is 6.49. The summed E-state index contributed by atoms with van der Waals surface area (Å²) in [5.74, 6) is 1.38. The Kier molecular flexibility index (Phi) is 4.21. The Bertz CT molecular complexity index is 659. The maximum absolute atomic E-state index is 9.10. The van der Waals surface area contributed by atoms with E-state index in [1.165, 1.54) is 0 Å². The number of aromatic nitrogens is 1. The van der Waals surface area contributed by atoms with E-state index in [1.54, 1.807) is 13.2 Å². The van der Waals surface area contributed by atoms with Gasteiger partial charge >= 0.3 is 0 Å². The van der Waals surface area contributed by atoms with Gasteiger partial charge in [-0.1, -0.05) is 11.6 Å². The van der Waals surface area contributed by atoms with Crippen LogP contribution >= 0.6 is 0 Å². The fraction of sp³-hybridized carbons (Fsp3) is 0.250. The first-order chi connectivity index (χ1) is 9.69. The summed E-state index contributed by atoms with van der Waals surface area (Å²) in [5.41, 5.74) is 3.40. The smallest absolute Gasteiger partial charge is 0.144 e. The zero-order chi connectivity index (χ0) is 14.5. The van der Waals surface area contributed by atoms with Gasteiger partial charge in [-0.15, -0.1) is 0 Å². The van der Waals surface area contributed by atoms with Gasteiger partial charge in [0, 0.05) is 12.1 Å². The largest absolute Gasteiger partial charge is 0.496 e. The molecule has 0 unspecified atom stereocenters. The molecule has 4 nitrogen and oxygen atoms in total. The van der Waals surface area contributed by atoms with Crippen molar-refractivity contribution in [3.63, 3.8) is 0 Å². The molecular formula is C16H17N3O. The third-order valence-corrected chi connectivity index (χ3v) is 2.99. The Morgan fingerprint density at radius 1 is 1.30 bits per heavy atom. The van der Waals surface area contributed by atoms with Crippen LogP contribution in [0.1, 0.15) is 18.1 Å². The van der Waals surface area contributed by atoms with Crippen LogP contribution in [-0.2, 0) is 0 Å². The molecule has 0 saturated carbocycles. The molecule has 1 aromatic carbocycles. The van der Waals surface area contributed by atoms with Crippen LogP contribution in [0, 0.1) is 18.3 Å². The zero-order valence-electron chi connectivity index (χ0n) is 11.9. The van der Waals surface area contributed by atoms with Gasteiger partial charge in [0.05, 0.1) is 18.4 Å². The standard InChI is InChI=1S/C16H17N3O/c1-4-18-16-12(10-17)6-7-14(19-16)13-9-11(2)5-8-15(13)20-3/h5-9H,4H2,1-3H3,(H,18,19). The van der Waals surface area contributed by atoms with Gasteiger partial charge in [0.15, 0.2) is 0 Å². The molecule has 20 heavy (non-hydrogen) atoms. The van der Waals surface area contributed by atoms with Crippen molar-refractivity contribution >= 4 is 5.82 Å². The van der Waals surface area contributed by atoms with E-state index in [4.69, 9.17) is 10.00 Å². The number of nitriles is 1. The Balaban J connectivity index is 2.56. The summed E-state index contributed by atoms with van der Waals surface area (Å²) in [6.07, 6.45) is 0. The minimum absolute atomic E-state index is 0.544. The van der Waals surface area contributed by atoms with Crippen LogP contribution in [0.2, 0.25) is 0 Å². The van der Waals surface area contributed by atoms with Crippen LogP contribution < -0.4 is 10.1 Å². The van der Waals surface area contributed by atoms with Crippen molar-refractivity contribution in [2.45, 2.75) is 13.8 Å². The van der Waals surface area contributed by atoms with Crippen LogP contribution in [-0.4, -0.2) is 18.6 Å². The number of ether oxygens (including phenoxy) is 1. The molecule has 0 fully saturated rings. The van der Waals surface area contributed by atoms with E-state index in [0.29, 0.717) is 11.4 Å². The molecule has 0 amide bonds.